The number of aromatic nitrogens is 2. The molecule has 1 N–H and O–H groups in total. The van der Waals surface area contributed by atoms with Crippen LogP contribution in [0.1, 0.15) is 25.1 Å². The lowest BCUT2D eigenvalue weighted by atomic mass is 10.1. The van der Waals surface area contributed by atoms with E-state index in [4.69, 9.17) is 4.74 Å². The molecule has 1 atom stereocenters. The number of benzene rings is 1. The van der Waals surface area contributed by atoms with Gasteiger partial charge in [-0.05, 0) is 31.7 Å². The van der Waals surface area contributed by atoms with Crippen LogP contribution in [-0.2, 0) is 11.3 Å². The molecule has 0 saturated carbocycles. The maximum absolute atomic E-state index is 12.8. The van der Waals surface area contributed by atoms with Crippen molar-refractivity contribution < 1.29 is 4.74 Å². The van der Waals surface area contributed by atoms with E-state index in [0.29, 0.717) is 18.2 Å². The zero-order chi connectivity index (χ0) is 16.8. The topological polar surface area (TPSA) is 56.2 Å². The Kier molecular flexibility index (Phi) is 5.77. The normalized spacial score (nSPS) is 17.8. The molecule has 0 aliphatic carbocycles. The molecule has 2 aromatic rings. The summed E-state index contributed by atoms with van der Waals surface area (Å²) in [6.07, 6.45) is 5.04. The molecule has 1 saturated heterocycles. The minimum absolute atomic E-state index is 0.0456. The van der Waals surface area contributed by atoms with Crippen molar-refractivity contribution in [2.45, 2.75) is 38.8 Å². The first kappa shape index (κ1) is 16.9. The standard InChI is InChI=1S/C19H25N3O2/c1-15-21-14-18(16-7-3-2-4-8-16)19(23)22(15)11-6-5-9-17-13-20-10-12-24-17/h2-4,7-8,14,17,20H,5-6,9-13H2,1H3. The number of hydrogen-bond donors (Lipinski definition) is 1. The van der Waals surface area contributed by atoms with Crippen LogP contribution < -0.4 is 10.9 Å². The van der Waals surface area contributed by atoms with Gasteiger partial charge in [-0.2, -0.15) is 0 Å². The zero-order valence-corrected chi connectivity index (χ0v) is 14.2. The monoisotopic (exact) mass is 327 g/mol. The second-order valence-electron chi connectivity index (χ2n) is 6.23. The van der Waals surface area contributed by atoms with E-state index in [1.807, 2.05) is 37.3 Å². The Bertz CT molecular complexity index is 706. The molecule has 3 rings (SSSR count). The SMILES string of the molecule is Cc1ncc(-c2ccccc2)c(=O)n1CCCCC1CNCCO1. The Morgan fingerprint density at radius 2 is 2.12 bits per heavy atom. The maximum atomic E-state index is 12.8. The average molecular weight is 327 g/mol. The van der Waals surface area contributed by atoms with Gasteiger partial charge in [0, 0.05) is 25.8 Å². The Hall–Kier alpha value is -1.98. The van der Waals surface area contributed by atoms with E-state index < -0.39 is 0 Å². The summed E-state index contributed by atoms with van der Waals surface area (Å²) in [5.74, 6) is 0.773. The first-order valence-electron chi connectivity index (χ1n) is 8.70. The fraction of sp³-hybridized carbons (Fsp3) is 0.474. The first-order valence-corrected chi connectivity index (χ1v) is 8.70. The Labute approximate surface area is 142 Å². The number of morpholine rings is 1. The van der Waals surface area contributed by atoms with Crippen molar-refractivity contribution in [1.29, 1.82) is 0 Å². The van der Waals surface area contributed by atoms with Crippen LogP contribution >= 0.6 is 0 Å². The molecule has 1 unspecified atom stereocenters. The molecule has 0 bridgehead atoms. The van der Waals surface area contributed by atoms with Crippen LogP contribution in [0.4, 0.5) is 0 Å². The van der Waals surface area contributed by atoms with Gasteiger partial charge >= 0.3 is 0 Å². The molecule has 2 heterocycles. The third-order valence-electron chi connectivity index (χ3n) is 4.49. The second-order valence-corrected chi connectivity index (χ2v) is 6.23. The largest absolute Gasteiger partial charge is 0.376 e. The third-order valence-corrected chi connectivity index (χ3v) is 4.49. The van der Waals surface area contributed by atoms with Crippen LogP contribution in [0.3, 0.4) is 0 Å². The molecule has 0 amide bonds. The quantitative estimate of drug-likeness (QED) is 0.828. The van der Waals surface area contributed by atoms with Crippen molar-refractivity contribution in [3.63, 3.8) is 0 Å². The first-order chi connectivity index (χ1) is 11.8. The van der Waals surface area contributed by atoms with Crippen LogP contribution in [0.5, 0.6) is 0 Å². The van der Waals surface area contributed by atoms with Gasteiger partial charge in [0.25, 0.3) is 5.56 Å². The lowest BCUT2D eigenvalue weighted by Gasteiger charge is -2.23. The van der Waals surface area contributed by atoms with Crippen LogP contribution in [0, 0.1) is 6.92 Å². The molecule has 5 nitrogen and oxygen atoms in total. The lowest BCUT2D eigenvalue weighted by molar-refractivity contribution is 0.0220. The summed E-state index contributed by atoms with van der Waals surface area (Å²) in [6, 6.07) is 9.73. The molecular formula is C19H25N3O2. The van der Waals surface area contributed by atoms with Gasteiger partial charge in [-0.15, -0.1) is 0 Å². The molecule has 5 heteroatoms. The summed E-state index contributed by atoms with van der Waals surface area (Å²) in [7, 11) is 0. The predicted molar refractivity (Wildman–Crippen MR) is 95.1 cm³/mol. The number of nitrogens with one attached hydrogen (secondary N) is 1. The minimum atomic E-state index is 0.0456. The highest BCUT2D eigenvalue weighted by Gasteiger charge is 2.13. The summed E-state index contributed by atoms with van der Waals surface area (Å²) in [5.41, 5.74) is 1.63. The Balaban J connectivity index is 1.63. The van der Waals surface area contributed by atoms with E-state index in [1.165, 1.54) is 0 Å². The number of aryl methyl sites for hydroxylation is 1. The molecule has 24 heavy (non-hydrogen) atoms. The molecule has 1 aromatic heterocycles. The summed E-state index contributed by atoms with van der Waals surface area (Å²) < 4.78 is 7.51. The van der Waals surface area contributed by atoms with Gasteiger partial charge in [0.05, 0.1) is 18.3 Å². The highest BCUT2D eigenvalue weighted by atomic mass is 16.5. The number of rotatable bonds is 6. The van der Waals surface area contributed by atoms with Gasteiger partial charge in [0.15, 0.2) is 0 Å². The van der Waals surface area contributed by atoms with Gasteiger partial charge in [-0.1, -0.05) is 30.3 Å². The van der Waals surface area contributed by atoms with Crippen molar-refractivity contribution >= 4 is 0 Å². The summed E-state index contributed by atoms with van der Waals surface area (Å²) in [5, 5.41) is 3.35. The van der Waals surface area contributed by atoms with Crippen LogP contribution in [0.2, 0.25) is 0 Å². The number of ether oxygens (including phenoxy) is 1. The minimum Gasteiger partial charge on any atom is -0.376 e. The van der Waals surface area contributed by atoms with Gasteiger partial charge < -0.3 is 10.1 Å². The Morgan fingerprint density at radius 1 is 1.29 bits per heavy atom. The third kappa shape index (κ3) is 4.10. The van der Waals surface area contributed by atoms with Gasteiger partial charge in [-0.3, -0.25) is 9.36 Å². The molecule has 1 aliphatic heterocycles. The van der Waals surface area contributed by atoms with Crippen LogP contribution in [0.15, 0.2) is 41.3 Å². The molecule has 1 aromatic carbocycles. The smallest absolute Gasteiger partial charge is 0.261 e. The average Bonchev–Trinajstić information content (AvgIpc) is 2.62. The number of unbranched alkanes of at least 4 members (excludes halogenated alkanes) is 1. The molecule has 1 aliphatic rings. The zero-order valence-electron chi connectivity index (χ0n) is 14.2. The summed E-state index contributed by atoms with van der Waals surface area (Å²) >= 11 is 0. The van der Waals surface area contributed by atoms with E-state index in [9.17, 15) is 4.79 Å². The van der Waals surface area contributed by atoms with E-state index in [1.54, 1.807) is 10.8 Å². The number of nitrogens with zero attached hydrogens (tertiary/aromatic N) is 2. The fourth-order valence-corrected chi connectivity index (χ4v) is 3.10. The molecule has 1 fully saturated rings. The van der Waals surface area contributed by atoms with Gasteiger partial charge in [0.2, 0.25) is 0 Å². The van der Waals surface area contributed by atoms with Crippen molar-refractivity contribution in [1.82, 2.24) is 14.9 Å². The molecule has 128 valence electrons. The summed E-state index contributed by atoms with van der Waals surface area (Å²) in [4.78, 5) is 17.2. The lowest BCUT2D eigenvalue weighted by Crippen LogP contribution is -2.38. The number of hydrogen-bond acceptors (Lipinski definition) is 4. The fourth-order valence-electron chi connectivity index (χ4n) is 3.10. The van der Waals surface area contributed by atoms with Gasteiger partial charge in [-0.25, -0.2) is 4.98 Å². The second kappa shape index (κ2) is 8.22. The van der Waals surface area contributed by atoms with Crippen molar-refractivity contribution in [2.24, 2.45) is 0 Å². The highest BCUT2D eigenvalue weighted by molar-refractivity contribution is 5.61. The maximum Gasteiger partial charge on any atom is 0.261 e. The predicted octanol–water partition coefficient (Wildman–Crippen LogP) is 2.38. The van der Waals surface area contributed by atoms with E-state index >= 15 is 0 Å². The molecule has 0 spiro atoms. The summed E-state index contributed by atoms with van der Waals surface area (Å²) in [6.45, 7) is 5.28. The van der Waals surface area contributed by atoms with E-state index in [-0.39, 0.29) is 5.56 Å². The highest BCUT2D eigenvalue weighted by Crippen LogP contribution is 2.14. The van der Waals surface area contributed by atoms with Crippen molar-refractivity contribution in [3.05, 3.63) is 52.7 Å². The Morgan fingerprint density at radius 3 is 2.88 bits per heavy atom. The molecule has 0 radical (unpaired) electrons. The van der Waals surface area contributed by atoms with E-state index in [2.05, 4.69) is 10.3 Å². The van der Waals surface area contributed by atoms with Crippen LogP contribution in [0.25, 0.3) is 11.1 Å². The van der Waals surface area contributed by atoms with Crippen molar-refractivity contribution in [3.8, 4) is 11.1 Å². The van der Waals surface area contributed by atoms with Crippen LogP contribution in [-0.4, -0.2) is 35.4 Å². The van der Waals surface area contributed by atoms with Gasteiger partial charge in [0.1, 0.15) is 5.82 Å². The van der Waals surface area contributed by atoms with Crippen molar-refractivity contribution in [2.75, 3.05) is 19.7 Å². The van der Waals surface area contributed by atoms with E-state index in [0.717, 1.165) is 50.3 Å². The molecular weight excluding hydrogens is 302 g/mol.